The average molecular weight is 374 g/mol. The van der Waals surface area contributed by atoms with Gasteiger partial charge >= 0.3 is 0 Å². The molecular formula is C24H22O4. The smallest absolute Gasteiger partial charge is 0.110 e. The Morgan fingerprint density at radius 3 is 0.929 bits per heavy atom. The zero-order chi connectivity index (χ0) is 20.4. The lowest BCUT2D eigenvalue weighted by Crippen LogP contribution is -1.92. The molecule has 0 radical (unpaired) electrons. The third-order valence-electron chi connectivity index (χ3n) is 2.23. The zero-order valence-corrected chi connectivity index (χ0v) is 15.9. The van der Waals surface area contributed by atoms with E-state index >= 15 is 0 Å². The Morgan fingerprint density at radius 1 is 0.429 bits per heavy atom. The van der Waals surface area contributed by atoms with E-state index in [1.54, 1.807) is 12.2 Å². The molecule has 0 heterocycles. The summed E-state index contributed by atoms with van der Waals surface area (Å²) in [6.45, 7) is 9.72. The van der Waals surface area contributed by atoms with Gasteiger partial charge in [-0.2, -0.15) is 0 Å². The molecule has 0 amide bonds. The van der Waals surface area contributed by atoms with Crippen molar-refractivity contribution in [2.75, 3.05) is 52.9 Å². The van der Waals surface area contributed by atoms with Crippen LogP contribution in [0.3, 0.4) is 0 Å². The SMILES string of the molecule is C=CCOCC#CC#CCOCC#CC#CCOCC#CC#CCOCC=C. The van der Waals surface area contributed by atoms with Crippen LogP contribution >= 0.6 is 0 Å². The second-order valence-electron chi connectivity index (χ2n) is 4.40. The fraction of sp³-hybridized carbons (Fsp3) is 0.333. The van der Waals surface area contributed by atoms with E-state index < -0.39 is 0 Å². The molecule has 0 fully saturated rings. The van der Waals surface area contributed by atoms with E-state index in [9.17, 15) is 0 Å². The molecule has 0 aliphatic rings. The van der Waals surface area contributed by atoms with Gasteiger partial charge in [0.25, 0.3) is 0 Å². The molecule has 0 rings (SSSR count). The van der Waals surface area contributed by atoms with Gasteiger partial charge in [-0.3, -0.25) is 0 Å². The summed E-state index contributed by atoms with van der Waals surface area (Å²) in [5.74, 6) is 32.4. The number of hydrogen-bond donors (Lipinski definition) is 0. The quantitative estimate of drug-likeness (QED) is 0.330. The highest BCUT2D eigenvalue weighted by Gasteiger charge is 1.78. The van der Waals surface area contributed by atoms with Gasteiger partial charge in [0.15, 0.2) is 0 Å². The first-order chi connectivity index (χ1) is 13.9. The van der Waals surface area contributed by atoms with Gasteiger partial charge in [-0.25, -0.2) is 0 Å². The summed E-state index contributed by atoms with van der Waals surface area (Å²) in [5, 5.41) is 0. The van der Waals surface area contributed by atoms with Crippen molar-refractivity contribution in [2.24, 2.45) is 0 Å². The van der Waals surface area contributed by atoms with Crippen molar-refractivity contribution in [3.8, 4) is 71.0 Å². The molecule has 0 N–H and O–H groups in total. The van der Waals surface area contributed by atoms with E-state index in [4.69, 9.17) is 18.9 Å². The van der Waals surface area contributed by atoms with Crippen molar-refractivity contribution in [2.45, 2.75) is 0 Å². The van der Waals surface area contributed by atoms with Crippen molar-refractivity contribution >= 4 is 0 Å². The predicted molar refractivity (Wildman–Crippen MR) is 110 cm³/mol. The lowest BCUT2D eigenvalue weighted by Gasteiger charge is -1.89. The Balaban J connectivity index is 3.64. The molecule has 0 spiro atoms. The third-order valence-corrected chi connectivity index (χ3v) is 2.23. The summed E-state index contributed by atoms with van der Waals surface area (Å²) >= 11 is 0. The van der Waals surface area contributed by atoms with E-state index in [-0.39, 0.29) is 26.4 Å². The first-order valence-corrected chi connectivity index (χ1v) is 8.31. The minimum absolute atomic E-state index is 0.251. The number of hydrogen-bond acceptors (Lipinski definition) is 4. The molecular weight excluding hydrogens is 352 g/mol. The summed E-state index contributed by atoms with van der Waals surface area (Å²) in [5.41, 5.74) is 0. The Morgan fingerprint density at radius 2 is 0.679 bits per heavy atom. The summed E-state index contributed by atoms with van der Waals surface area (Å²) < 4.78 is 20.5. The molecule has 0 aliphatic heterocycles. The first-order valence-electron chi connectivity index (χ1n) is 8.31. The molecule has 0 saturated heterocycles. The molecule has 0 saturated carbocycles. The van der Waals surface area contributed by atoms with Gasteiger partial charge in [-0.05, 0) is 35.5 Å². The van der Waals surface area contributed by atoms with Gasteiger partial charge in [0.2, 0.25) is 0 Å². The minimum atomic E-state index is 0.251. The lowest BCUT2D eigenvalue weighted by molar-refractivity contribution is 0.199. The molecule has 4 nitrogen and oxygen atoms in total. The number of rotatable bonds is 10. The first kappa shape index (κ1) is 24.7. The topological polar surface area (TPSA) is 36.9 Å². The minimum Gasteiger partial charge on any atom is -0.365 e. The highest BCUT2D eigenvalue weighted by Crippen LogP contribution is 1.74. The normalized spacial score (nSPS) is 7.57. The van der Waals surface area contributed by atoms with Crippen LogP contribution in [0.5, 0.6) is 0 Å². The highest BCUT2D eigenvalue weighted by molar-refractivity contribution is 5.28. The maximum atomic E-state index is 5.19. The van der Waals surface area contributed by atoms with Crippen LogP contribution in [0.4, 0.5) is 0 Å². The van der Waals surface area contributed by atoms with Gasteiger partial charge in [0.1, 0.15) is 39.6 Å². The molecule has 28 heavy (non-hydrogen) atoms. The van der Waals surface area contributed by atoms with E-state index in [2.05, 4.69) is 84.2 Å². The summed E-state index contributed by atoms with van der Waals surface area (Å²) in [7, 11) is 0. The van der Waals surface area contributed by atoms with Crippen LogP contribution < -0.4 is 0 Å². The molecule has 0 atom stereocenters. The zero-order valence-electron chi connectivity index (χ0n) is 15.9. The van der Waals surface area contributed by atoms with Gasteiger partial charge < -0.3 is 18.9 Å². The molecule has 0 aliphatic carbocycles. The van der Waals surface area contributed by atoms with E-state index in [1.807, 2.05) is 0 Å². The average Bonchev–Trinajstić information content (AvgIpc) is 2.71. The maximum absolute atomic E-state index is 5.19. The summed E-state index contributed by atoms with van der Waals surface area (Å²) in [4.78, 5) is 0. The van der Waals surface area contributed by atoms with Crippen LogP contribution in [-0.4, -0.2) is 52.9 Å². The fourth-order valence-corrected chi connectivity index (χ4v) is 1.17. The third kappa shape index (κ3) is 22.7. The van der Waals surface area contributed by atoms with Crippen molar-refractivity contribution < 1.29 is 18.9 Å². The van der Waals surface area contributed by atoms with Crippen LogP contribution in [-0.2, 0) is 18.9 Å². The van der Waals surface area contributed by atoms with Crippen molar-refractivity contribution in [1.29, 1.82) is 0 Å². The summed E-state index contributed by atoms with van der Waals surface area (Å²) in [6.07, 6.45) is 3.33. The molecule has 0 bridgehead atoms. The predicted octanol–water partition coefficient (Wildman–Crippen LogP) is 1.45. The second-order valence-corrected chi connectivity index (χ2v) is 4.40. The lowest BCUT2D eigenvalue weighted by atomic mass is 10.5. The van der Waals surface area contributed by atoms with Crippen LogP contribution in [0.1, 0.15) is 0 Å². The van der Waals surface area contributed by atoms with Crippen LogP contribution in [0, 0.1) is 71.0 Å². The van der Waals surface area contributed by atoms with Gasteiger partial charge in [-0.1, -0.05) is 47.7 Å². The number of ether oxygens (including phenoxy) is 4. The van der Waals surface area contributed by atoms with Crippen LogP contribution in [0.25, 0.3) is 0 Å². The van der Waals surface area contributed by atoms with Crippen molar-refractivity contribution in [3.05, 3.63) is 25.3 Å². The van der Waals surface area contributed by atoms with Crippen LogP contribution in [0.2, 0.25) is 0 Å². The Hall–Kier alpha value is -3.32. The monoisotopic (exact) mass is 374 g/mol. The van der Waals surface area contributed by atoms with Crippen molar-refractivity contribution in [1.82, 2.24) is 0 Å². The Kier molecular flexibility index (Phi) is 20.9. The summed E-state index contributed by atoms with van der Waals surface area (Å²) in [6, 6.07) is 0. The highest BCUT2D eigenvalue weighted by atomic mass is 16.5. The maximum Gasteiger partial charge on any atom is 0.110 e. The standard InChI is InChI=1S/C24H22O4/c1-3-17-25-19-11-5-7-13-21-27-23-15-9-10-16-24-28-22-14-8-6-12-20-26-18-4-2/h3-4H,1-2,17-24H2. The second kappa shape index (κ2) is 23.7. The largest absolute Gasteiger partial charge is 0.365 e. The van der Waals surface area contributed by atoms with E-state index in [0.29, 0.717) is 26.4 Å². The Labute approximate surface area is 168 Å². The Bertz CT molecular complexity index is 743. The van der Waals surface area contributed by atoms with Gasteiger partial charge in [0.05, 0.1) is 13.2 Å². The molecule has 4 heteroatoms. The molecule has 142 valence electrons. The molecule has 0 aromatic rings. The van der Waals surface area contributed by atoms with E-state index in [0.717, 1.165) is 0 Å². The van der Waals surface area contributed by atoms with Crippen LogP contribution in [0.15, 0.2) is 25.3 Å². The van der Waals surface area contributed by atoms with Gasteiger partial charge in [0, 0.05) is 0 Å². The van der Waals surface area contributed by atoms with Crippen molar-refractivity contribution in [3.63, 3.8) is 0 Å². The van der Waals surface area contributed by atoms with Gasteiger partial charge in [-0.15, -0.1) is 13.2 Å². The molecule has 0 aromatic heterocycles. The molecule has 0 aromatic carbocycles. The fourth-order valence-electron chi connectivity index (χ4n) is 1.17. The molecule has 0 unspecified atom stereocenters. The van der Waals surface area contributed by atoms with E-state index in [1.165, 1.54) is 0 Å².